The highest BCUT2D eigenvalue weighted by Gasteiger charge is 2.31. The van der Waals surface area contributed by atoms with Gasteiger partial charge in [-0.1, -0.05) is 22.6 Å². The molecule has 208 valence electrons. The number of halogens is 1. The quantitative estimate of drug-likeness (QED) is 0.297. The molecule has 5 aromatic heterocycles. The smallest absolute Gasteiger partial charge is 0.123 e. The van der Waals surface area contributed by atoms with Crippen molar-refractivity contribution < 1.29 is 13.2 Å². The van der Waals surface area contributed by atoms with Crippen LogP contribution in [0, 0.1) is 25.5 Å². The third-order valence-electron chi connectivity index (χ3n) is 8.06. The molecule has 7 rings (SSSR count). The summed E-state index contributed by atoms with van der Waals surface area (Å²) in [5.41, 5.74) is 6.47. The Labute approximate surface area is 240 Å². The average molecular weight is 555 g/mol. The standard InChI is InChI=1S/C30H30FN9O/c1-17-28(38(3)36-34-17)21-13-26-27(33-15-21)23-16-32-24(29-18(2)35-37-39(29)4)14-25(23)40(26)30(20-9-11-41-12-10-20)19-5-7-22(31)8-6-19/h5-8,13-16,20,30H,9-12H2,1-4H3/t30-/m1/s1/i2D3. The van der Waals surface area contributed by atoms with Crippen molar-refractivity contribution in [2.75, 3.05) is 13.2 Å². The maximum absolute atomic E-state index is 14.2. The van der Waals surface area contributed by atoms with Gasteiger partial charge in [0, 0.05) is 54.8 Å². The molecule has 6 heterocycles. The van der Waals surface area contributed by atoms with Crippen molar-refractivity contribution in [1.82, 2.24) is 44.5 Å². The van der Waals surface area contributed by atoms with Crippen molar-refractivity contribution in [3.8, 4) is 22.6 Å². The molecule has 1 aromatic carbocycles. The molecular formula is C30H30FN9O. The van der Waals surface area contributed by atoms with E-state index in [-0.39, 0.29) is 23.5 Å². The van der Waals surface area contributed by atoms with Crippen LogP contribution in [0.2, 0.25) is 0 Å². The minimum Gasteiger partial charge on any atom is -0.381 e. The number of aromatic nitrogens is 9. The summed E-state index contributed by atoms with van der Waals surface area (Å²) in [4.78, 5) is 9.64. The molecule has 1 atom stereocenters. The molecule has 1 fully saturated rings. The lowest BCUT2D eigenvalue weighted by Gasteiger charge is -2.33. The van der Waals surface area contributed by atoms with E-state index in [1.54, 1.807) is 17.9 Å². The van der Waals surface area contributed by atoms with E-state index in [1.807, 2.05) is 38.4 Å². The lowest BCUT2D eigenvalue weighted by Crippen LogP contribution is -2.27. The van der Waals surface area contributed by atoms with Crippen LogP contribution in [0.1, 0.15) is 39.9 Å². The van der Waals surface area contributed by atoms with Gasteiger partial charge in [-0.05, 0) is 62.4 Å². The zero-order valence-electron chi connectivity index (χ0n) is 25.9. The molecule has 11 heteroatoms. The molecule has 0 amide bonds. The fourth-order valence-electron chi connectivity index (χ4n) is 6.18. The number of rotatable bonds is 5. The van der Waals surface area contributed by atoms with E-state index >= 15 is 0 Å². The number of pyridine rings is 2. The van der Waals surface area contributed by atoms with Crippen molar-refractivity contribution in [2.24, 2.45) is 20.0 Å². The van der Waals surface area contributed by atoms with E-state index in [2.05, 4.69) is 31.3 Å². The number of aryl methyl sites for hydroxylation is 4. The summed E-state index contributed by atoms with van der Waals surface area (Å²) in [6.07, 6.45) is 5.17. The predicted octanol–water partition coefficient (Wildman–Crippen LogP) is 4.95. The third-order valence-corrected chi connectivity index (χ3v) is 8.06. The summed E-state index contributed by atoms with van der Waals surface area (Å²) in [5, 5.41) is 17.2. The van der Waals surface area contributed by atoms with E-state index in [9.17, 15) is 4.39 Å². The monoisotopic (exact) mass is 554 g/mol. The Morgan fingerprint density at radius 1 is 0.927 bits per heavy atom. The number of ether oxygens (including phenoxy) is 1. The van der Waals surface area contributed by atoms with Crippen LogP contribution < -0.4 is 0 Å². The SMILES string of the molecule is [2H]C([2H])([2H])c1nnn(C)c1-c1cc2c(cn1)c1ncc(-c3c(C)nnn3C)cc1n2[C@H](c1ccc(F)cc1)C1CCOCC1. The normalized spacial score (nSPS) is 16.6. The van der Waals surface area contributed by atoms with Crippen molar-refractivity contribution in [3.63, 3.8) is 0 Å². The molecular weight excluding hydrogens is 521 g/mol. The third kappa shape index (κ3) is 4.19. The molecule has 6 aromatic rings. The molecule has 0 unspecified atom stereocenters. The summed E-state index contributed by atoms with van der Waals surface area (Å²) in [7, 11) is 3.50. The predicted molar refractivity (Wildman–Crippen MR) is 153 cm³/mol. The minimum absolute atomic E-state index is 0.117. The van der Waals surface area contributed by atoms with Gasteiger partial charge in [-0.2, -0.15) is 0 Å². The van der Waals surface area contributed by atoms with Crippen molar-refractivity contribution in [2.45, 2.75) is 32.7 Å². The Morgan fingerprint density at radius 2 is 1.66 bits per heavy atom. The van der Waals surface area contributed by atoms with Gasteiger partial charge < -0.3 is 9.30 Å². The highest BCUT2D eigenvalue weighted by molar-refractivity contribution is 6.07. The maximum atomic E-state index is 14.2. The van der Waals surface area contributed by atoms with Crippen LogP contribution in [-0.2, 0) is 18.8 Å². The summed E-state index contributed by atoms with van der Waals surface area (Å²) >= 11 is 0. The molecule has 0 N–H and O–H groups in total. The van der Waals surface area contributed by atoms with Crippen molar-refractivity contribution in [3.05, 3.63) is 71.6 Å². The first-order valence-corrected chi connectivity index (χ1v) is 13.5. The number of benzene rings is 1. The molecule has 0 bridgehead atoms. The fourth-order valence-corrected chi connectivity index (χ4v) is 6.18. The van der Waals surface area contributed by atoms with Gasteiger partial charge in [0.25, 0.3) is 0 Å². The highest BCUT2D eigenvalue weighted by Crippen LogP contribution is 2.42. The van der Waals surface area contributed by atoms with Gasteiger partial charge in [0.2, 0.25) is 0 Å². The summed E-state index contributed by atoms with van der Waals surface area (Å²) < 4.78 is 49.5. The number of hydrogen-bond donors (Lipinski definition) is 0. The molecule has 0 radical (unpaired) electrons. The van der Waals surface area contributed by atoms with Crippen molar-refractivity contribution >= 4 is 21.9 Å². The van der Waals surface area contributed by atoms with Crippen LogP contribution in [0.15, 0.2) is 48.8 Å². The fraction of sp³-hybridized carbons (Fsp3) is 0.333. The van der Waals surface area contributed by atoms with Crippen LogP contribution in [0.25, 0.3) is 44.6 Å². The van der Waals surface area contributed by atoms with E-state index in [1.165, 1.54) is 16.8 Å². The lowest BCUT2D eigenvalue weighted by atomic mass is 9.86. The minimum atomic E-state index is -2.48. The average Bonchev–Trinajstić information content (AvgIpc) is 3.66. The first kappa shape index (κ1) is 22.2. The molecule has 0 spiro atoms. The second-order valence-electron chi connectivity index (χ2n) is 10.6. The molecule has 10 nitrogen and oxygen atoms in total. The largest absolute Gasteiger partial charge is 0.381 e. The summed E-state index contributed by atoms with van der Waals surface area (Å²) in [6, 6.07) is 10.4. The Hall–Kier alpha value is -4.51. The summed E-state index contributed by atoms with van der Waals surface area (Å²) in [6.45, 7) is 0.680. The molecule has 0 saturated carbocycles. The molecule has 41 heavy (non-hydrogen) atoms. The van der Waals surface area contributed by atoms with Crippen LogP contribution in [0.5, 0.6) is 0 Å². The highest BCUT2D eigenvalue weighted by atomic mass is 19.1. The molecule has 1 aliphatic heterocycles. The second kappa shape index (κ2) is 9.84. The van der Waals surface area contributed by atoms with Gasteiger partial charge in [0.1, 0.15) is 11.5 Å². The van der Waals surface area contributed by atoms with Crippen LogP contribution in [-0.4, -0.2) is 57.7 Å². The summed E-state index contributed by atoms with van der Waals surface area (Å²) in [5.74, 6) is -0.137. The second-order valence-corrected chi connectivity index (χ2v) is 10.6. The Kier molecular flexibility index (Phi) is 5.33. The number of nitrogens with zero attached hydrogens (tertiary/aromatic N) is 9. The Balaban J connectivity index is 1.56. The molecule has 0 aliphatic carbocycles. The zero-order chi connectivity index (χ0) is 30.7. The van der Waals surface area contributed by atoms with Gasteiger partial charge in [-0.3, -0.25) is 9.97 Å². The zero-order valence-corrected chi connectivity index (χ0v) is 22.9. The molecule has 1 aliphatic rings. The van der Waals surface area contributed by atoms with Crippen LogP contribution >= 0.6 is 0 Å². The van der Waals surface area contributed by atoms with Gasteiger partial charge in [-0.15, -0.1) is 10.2 Å². The molecule has 1 saturated heterocycles. The topological polar surface area (TPSA) is 101 Å². The van der Waals surface area contributed by atoms with E-state index < -0.39 is 6.85 Å². The van der Waals surface area contributed by atoms with Gasteiger partial charge in [-0.25, -0.2) is 13.8 Å². The first-order chi connectivity index (χ1) is 21.1. The van der Waals surface area contributed by atoms with E-state index in [0.29, 0.717) is 24.6 Å². The Morgan fingerprint density at radius 3 is 2.37 bits per heavy atom. The lowest BCUT2D eigenvalue weighted by molar-refractivity contribution is 0.0552. The maximum Gasteiger partial charge on any atom is 0.123 e. The Bertz CT molecular complexity index is 1990. The van der Waals surface area contributed by atoms with Gasteiger partial charge >= 0.3 is 0 Å². The van der Waals surface area contributed by atoms with Crippen LogP contribution in [0.3, 0.4) is 0 Å². The number of fused-ring (bicyclic) bond motifs is 3. The van der Waals surface area contributed by atoms with Crippen LogP contribution in [0.4, 0.5) is 4.39 Å². The number of hydrogen-bond acceptors (Lipinski definition) is 7. The van der Waals surface area contributed by atoms with Crippen molar-refractivity contribution in [1.29, 1.82) is 0 Å². The van der Waals surface area contributed by atoms with Gasteiger partial charge in [0.15, 0.2) is 0 Å². The van der Waals surface area contributed by atoms with E-state index in [4.69, 9.17) is 18.8 Å². The first-order valence-electron chi connectivity index (χ1n) is 15.0. The van der Waals surface area contributed by atoms with E-state index in [0.717, 1.165) is 57.3 Å². The van der Waals surface area contributed by atoms with Gasteiger partial charge in [0.05, 0.1) is 45.4 Å².